The third-order valence-corrected chi connectivity index (χ3v) is 3.83. The van der Waals surface area contributed by atoms with E-state index in [1.54, 1.807) is 0 Å². The van der Waals surface area contributed by atoms with Crippen LogP contribution >= 0.6 is 11.6 Å². The minimum Gasteiger partial charge on any atom is -0.478 e. The predicted octanol–water partition coefficient (Wildman–Crippen LogP) is 5.19. The van der Waals surface area contributed by atoms with Gasteiger partial charge in [-0.2, -0.15) is 0 Å². The summed E-state index contributed by atoms with van der Waals surface area (Å²) in [7, 11) is 0. The largest absolute Gasteiger partial charge is 0.478 e. The SMILES string of the molecule is CC(C)CCCCCCCOC(=O)c1ccc(Cl)cc1C(=O)O. The first-order chi connectivity index (χ1) is 10.9. The van der Waals surface area contributed by atoms with Crippen LogP contribution < -0.4 is 0 Å². The lowest BCUT2D eigenvalue weighted by Gasteiger charge is -2.08. The Morgan fingerprint density at radius 1 is 1.09 bits per heavy atom. The summed E-state index contributed by atoms with van der Waals surface area (Å²) in [4.78, 5) is 23.1. The van der Waals surface area contributed by atoms with E-state index in [2.05, 4.69) is 13.8 Å². The predicted molar refractivity (Wildman–Crippen MR) is 91.2 cm³/mol. The zero-order valence-corrected chi connectivity index (χ0v) is 14.6. The van der Waals surface area contributed by atoms with Gasteiger partial charge in [0.2, 0.25) is 0 Å². The summed E-state index contributed by atoms with van der Waals surface area (Å²) in [6.45, 7) is 4.76. The number of unbranched alkanes of at least 4 members (excludes halogenated alkanes) is 4. The molecule has 0 atom stereocenters. The van der Waals surface area contributed by atoms with Gasteiger partial charge in [0, 0.05) is 5.02 Å². The molecule has 0 saturated heterocycles. The molecule has 0 spiro atoms. The molecule has 0 heterocycles. The quantitative estimate of drug-likeness (QED) is 0.470. The van der Waals surface area contributed by atoms with E-state index in [0.717, 1.165) is 25.2 Å². The van der Waals surface area contributed by atoms with Crippen LogP contribution in [0.5, 0.6) is 0 Å². The van der Waals surface area contributed by atoms with Crippen molar-refractivity contribution >= 4 is 23.5 Å². The van der Waals surface area contributed by atoms with Crippen LogP contribution in [-0.2, 0) is 4.74 Å². The summed E-state index contributed by atoms with van der Waals surface area (Å²) >= 11 is 5.76. The lowest BCUT2D eigenvalue weighted by atomic mass is 10.0. The van der Waals surface area contributed by atoms with Crippen molar-refractivity contribution in [1.29, 1.82) is 0 Å². The Labute approximate surface area is 142 Å². The van der Waals surface area contributed by atoms with E-state index in [9.17, 15) is 9.59 Å². The molecule has 0 aliphatic heterocycles. The number of rotatable bonds is 10. The number of hydrogen-bond donors (Lipinski definition) is 1. The van der Waals surface area contributed by atoms with Crippen LogP contribution in [0, 0.1) is 5.92 Å². The maximum Gasteiger partial charge on any atom is 0.339 e. The Bertz CT molecular complexity index is 526. The Kier molecular flexibility index (Phi) is 8.70. The average molecular weight is 341 g/mol. The second-order valence-electron chi connectivity index (χ2n) is 6.08. The van der Waals surface area contributed by atoms with Crippen LogP contribution in [0.4, 0.5) is 0 Å². The topological polar surface area (TPSA) is 63.6 Å². The number of carbonyl (C=O) groups is 2. The highest BCUT2D eigenvalue weighted by Crippen LogP contribution is 2.17. The van der Waals surface area contributed by atoms with Gasteiger partial charge >= 0.3 is 11.9 Å². The first kappa shape index (κ1) is 19.5. The number of halogens is 1. The average Bonchev–Trinajstić information content (AvgIpc) is 2.49. The maximum absolute atomic E-state index is 12.0. The van der Waals surface area contributed by atoms with Gasteiger partial charge in [0.25, 0.3) is 0 Å². The zero-order valence-electron chi connectivity index (χ0n) is 13.8. The highest BCUT2D eigenvalue weighted by molar-refractivity contribution is 6.31. The molecular formula is C18H25ClO4. The number of carboxylic acids is 1. The van der Waals surface area contributed by atoms with Crippen molar-refractivity contribution in [3.05, 3.63) is 34.3 Å². The van der Waals surface area contributed by atoms with Crippen molar-refractivity contribution in [2.75, 3.05) is 6.61 Å². The lowest BCUT2D eigenvalue weighted by Crippen LogP contribution is -2.12. The van der Waals surface area contributed by atoms with Gasteiger partial charge < -0.3 is 9.84 Å². The number of aromatic carboxylic acids is 1. The summed E-state index contributed by atoms with van der Waals surface area (Å²) in [5.74, 6) is -1.05. The molecule has 0 aliphatic carbocycles. The highest BCUT2D eigenvalue weighted by atomic mass is 35.5. The van der Waals surface area contributed by atoms with Gasteiger partial charge in [-0.05, 0) is 30.5 Å². The third-order valence-electron chi connectivity index (χ3n) is 3.59. The van der Waals surface area contributed by atoms with Crippen LogP contribution in [0.25, 0.3) is 0 Å². The van der Waals surface area contributed by atoms with Gasteiger partial charge in [0.15, 0.2) is 0 Å². The van der Waals surface area contributed by atoms with E-state index in [1.807, 2.05) is 0 Å². The third kappa shape index (κ3) is 7.51. The molecular weight excluding hydrogens is 316 g/mol. The van der Waals surface area contributed by atoms with Gasteiger partial charge in [0.05, 0.1) is 17.7 Å². The summed E-state index contributed by atoms with van der Waals surface area (Å²) in [5.41, 5.74) is -0.0879. The monoisotopic (exact) mass is 340 g/mol. The molecule has 0 unspecified atom stereocenters. The molecule has 0 radical (unpaired) electrons. The van der Waals surface area contributed by atoms with Crippen LogP contribution in [0.2, 0.25) is 5.02 Å². The van der Waals surface area contributed by atoms with Gasteiger partial charge in [-0.3, -0.25) is 0 Å². The molecule has 1 N–H and O–H groups in total. The fourth-order valence-corrected chi connectivity index (χ4v) is 2.47. The second kappa shape index (κ2) is 10.3. The first-order valence-electron chi connectivity index (χ1n) is 8.11. The molecule has 1 aromatic carbocycles. The van der Waals surface area contributed by atoms with Crippen molar-refractivity contribution < 1.29 is 19.4 Å². The second-order valence-corrected chi connectivity index (χ2v) is 6.52. The van der Waals surface area contributed by atoms with Crippen molar-refractivity contribution in [2.45, 2.75) is 52.4 Å². The van der Waals surface area contributed by atoms with Crippen LogP contribution in [0.15, 0.2) is 18.2 Å². The van der Waals surface area contributed by atoms with E-state index in [4.69, 9.17) is 21.4 Å². The zero-order chi connectivity index (χ0) is 17.2. The fraction of sp³-hybridized carbons (Fsp3) is 0.556. The minimum atomic E-state index is -1.19. The van der Waals surface area contributed by atoms with E-state index >= 15 is 0 Å². The molecule has 1 aromatic rings. The van der Waals surface area contributed by atoms with E-state index in [-0.39, 0.29) is 16.1 Å². The van der Waals surface area contributed by atoms with Gasteiger partial charge in [-0.15, -0.1) is 0 Å². The number of ether oxygens (including phenoxy) is 1. The smallest absolute Gasteiger partial charge is 0.339 e. The number of carboxylic acid groups (broad SMARTS) is 1. The molecule has 0 aliphatic rings. The molecule has 5 heteroatoms. The number of carbonyl (C=O) groups excluding carboxylic acids is 1. The van der Waals surface area contributed by atoms with Gasteiger partial charge in [0.1, 0.15) is 0 Å². The molecule has 23 heavy (non-hydrogen) atoms. The molecule has 1 rings (SSSR count). The standard InChI is InChI=1S/C18H25ClO4/c1-13(2)8-6-4-3-5-7-11-23-18(22)15-10-9-14(19)12-16(15)17(20)21/h9-10,12-13H,3-8,11H2,1-2H3,(H,20,21). The Morgan fingerprint density at radius 2 is 1.74 bits per heavy atom. The lowest BCUT2D eigenvalue weighted by molar-refractivity contribution is 0.0487. The van der Waals surface area contributed by atoms with E-state index in [0.29, 0.717) is 6.61 Å². The Balaban J connectivity index is 2.31. The van der Waals surface area contributed by atoms with Crippen molar-refractivity contribution in [3.63, 3.8) is 0 Å². The van der Waals surface area contributed by atoms with Gasteiger partial charge in [-0.25, -0.2) is 9.59 Å². The molecule has 0 fully saturated rings. The Hall–Kier alpha value is -1.55. The summed E-state index contributed by atoms with van der Waals surface area (Å²) in [6.07, 6.45) is 6.63. The van der Waals surface area contributed by atoms with Gasteiger partial charge in [-0.1, -0.05) is 57.6 Å². The van der Waals surface area contributed by atoms with Crippen molar-refractivity contribution in [1.82, 2.24) is 0 Å². The van der Waals surface area contributed by atoms with Crippen molar-refractivity contribution in [3.8, 4) is 0 Å². The van der Waals surface area contributed by atoms with Crippen LogP contribution in [0.1, 0.15) is 73.1 Å². The van der Waals surface area contributed by atoms with E-state index in [1.165, 1.54) is 37.5 Å². The minimum absolute atomic E-state index is 0.0406. The molecule has 0 amide bonds. The Morgan fingerprint density at radius 3 is 2.39 bits per heavy atom. The van der Waals surface area contributed by atoms with E-state index < -0.39 is 11.9 Å². The maximum atomic E-state index is 12.0. The summed E-state index contributed by atoms with van der Waals surface area (Å²) < 4.78 is 5.16. The normalized spacial score (nSPS) is 10.8. The molecule has 128 valence electrons. The summed E-state index contributed by atoms with van der Waals surface area (Å²) in [5, 5.41) is 9.38. The molecule has 0 aromatic heterocycles. The fourth-order valence-electron chi connectivity index (χ4n) is 2.30. The molecule has 0 saturated carbocycles. The summed E-state index contributed by atoms with van der Waals surface area (Å²) in [6, 6.07) is 4.13. The number of hydrogen-bond acceptors (Lipinski definition) is 3. The van der Waals surface area contributed by atoms with Crippen LogP contribution in [0.3, 0.4) is 0 Å². The number of esters is 1. The highest BCUT2D eigenvalue weighted by Gasteiger charge is 2.18. The van der Waals surface area contributed by atoms with Crippen molar-refractivity contribution in [2.24, 2.45) is 5.92 Å². The molecule has 4 nitrogen and oxygen atoms in total. The molecule has 0 bridgehead atoms. The van der Waals surface area contributed by atoms with Crippen LogP contribution in [-0.4, -0.2) is 23.7 Å². The number of benzene rings is 1. The first-order valence-corrected chi connectivity index (χ1v) is 8.49.